The number of carbonyl (C=O) groups excluding carboxylic acids is 2. The van der Waals surface area contributed by atoms with Gasteiger partial charge in [-0.15, -0.1) is 0 Å². The van der Waals surface area contributed by atoms with Gasteiger partial charge < -0.3 is 14.2 Å². The Morgan fingerprint density at radius 3 is 2.07 bits per heavy atom. The molecule has 2 saturated heterocycles. The number of rotatable bonds is 10. The van der Waals surface area contributed by atoms with Gasteiger partial charge in [0.05, 0.1) is 30.6 Å². The highest BCUT2D eigenvalue weighted by atomic mass is 16.7. The van der Waals surface area contributed by atoms with E-state index in [-0.39, 0.29) is 5.91 Å². The number of anilines is 2. The van der Waals surface area contributed by atoms with Gasteiger partial charge in [0.2, 0.25) is 5.91 Å². The van der Waals surface area contributed by atoms with Crippen molar-refractivity contribution >= 4 is 23.2 Å². The average molecular weight is 565 g/mol. The number of fused-ring (bicyclic) bond motifs is 1. The summed E-state index contributed by atoms with van der Waals surface area (Å²) in [5.74, 6) is 0.335. The van der Waals surface area contributed by atoms with Gasteiger partial charge in [-0.3, -0.25) is 14.4 Å². The Kier molecular flexibility index (Phi) is 7.79. The summed E-state index contributed by atoms with van der Waals surface area (Å²) in [4.78, 5) is 35.2. The summed E-state index contributed by atoms with van der Waals surface area (Å²) < 4.78 is 17.6. The van der Waals surface area contributed by atoms with Crippen molar-refractivity contribution in [1.82, 2.24) is 0 Å². The van der Waals surface area contributed by atoms with Gasteiger partial charge in [-0.05, 0) is 73.5 Å². The van der Waals surface area contributed by atoms with Crippen LogP contribution in [0.1, 0.15) is 31.0 Å². The van der Waals surface area contributed by atoms with Gasteiger partial charge in [-0.2, -0.15) is 0 Å². The topological polar surface area (TPSA) is 77.5 Å². The van der Waals surface area contributed by atoms with Gasteiger partial charge in [0, 0.05) is 0 Å². The number of hydroxylamine groups is 1. The third-order valence-corrected chi connectivity index (χ3v) is 7.38. The van der Waals surface area contributed by atoms with Crippen LogP contribution in [-0.2, 0) is 21.0 Å². The van der Waals surface area contributed by atoms with Gasteiger partial charge >= 0.3 is 0 Å². The van der Waals surface area contributed by atoms with Crippen molar-refractivity contribution in [2.75, 3.05) is 23.2 Å². The molecule has 0 N–H and O–H groups in total. The average Bonchev–Trinajstić information content (AvgIpc) is 3.53. The van der Waals surface area contributed by atoms with Crippen LogP contribution in [-0.4, -0.2) is 31.1 Å². The highest BCUT2D eigenvalue weighted by Gasteiger charge is 2.60. The number of hydrogen-bond acceptors (Lipinski definition) is 7. The fourth-order valence-electron chi connectivity index (χ4n) is 5.50. The predicted molar refractivity (Wildman–Crippen MR) is 159 cm³/mol. The number of carbonyl (C=O) groups is 2. The normalized spacial score (nSPS) is 19.6. The highest BCUT2D eigenvalue weighted by molar-refractivity contribution is 6.24. The molecule has 2 fully saturated rings. The van der Waals surface area contributed by atoms with E-state index in [2.05, 4.69) is 0 Å². The summed E-state index contributed by atoms with van der Waals surface area (Å²) in [6, 6.07) is 31.4. The Bertz CT molecular complexity index is 1540. The van der Waals surface area contributed by atoms with E-state index in [1.54, 1.807) is 29.3 Å². The van der Waals surface area contributed by atoms with E-state index in [9.17, 15) is 9.59 Å². The van der Waals surface area contributed by atoms with Crippen LogP contribution < -0.4 is 24.2 Å². The third kappa shape index (κ3) is 5.17. The molecular formula is C34H32N2O6. The number of para-hydroxylation sites is 1. The van der Waals surface area contributed by atoms with Crippen LogP contribution >= 0.6 is 0 Å². The monoisotopic (exact) mass is 564 g/mol. The second kappa shape index (κ2) is 12.0. The number of amides is 2. The minimum Gasteiger partial charge on any atom is -0.494 e. The van der Waals surface area contributed by atoms with Crippen LogP contribution in [0.5, 0.6) is 17.2 Å². The lowest BCUT2D eigenvalue weighted by Crippen LogP contribution is -2.37. The Labute approximate surface area is 244 Å². The first-order valence-corrected chi connectivity index (χ1v) is 14.1. The van der Waals surface area contributed by atoms with Crippen LogP contribution in [0.25, 0.3) is 0 Å². The van der Waals surface area contributed by atoms with E-state index in [0.29, 0.717) is 42.8 Å². The minimum absolute atomic E-state index is 0.319. The maximum atomic E-state index is 14.0. The minimum atomic E-state index is -0.973. The van der Waals surface area contributed by atoms with Crippen LogP contribution in [0.15, 0.2) is 103 Å². The summed E-state index contributed by atoms with van der Waals surface area (Å²) in [5.41, 5.74) is 3.04. The first-order chi connectivity index (χ1) is 20.6. The fraction of sp³-hybridized carbons (Fsp3) is 0.235. The molecule has 42 heavy (non-hydrogen) atoms. The lowest BCUT2D eigenvalue weighted by molar-refractivity contribution is -0.126. The number of hydrogen-bond donors (Lipinski definition) is 0. The number of imide groups is 1. The van der Waals surface area contributed by atoms with Gasteiger partial charge in [0.15, 0.2) is 17.6 Å². The van der Waals surface area contributed by atoms with Crippen molar-refractivity contribution in [3.63, 3.8) is 0 Å². The van der Waals surface area contributed by atoms with Crippen molar-refractivity contribution in [2.24, 2.45) is 5.92 Å². The van der Waals surface area contributed by atoms with Gasteiger partial charge in [0.1, 0.15) is 18.3 Å². The molecule has 0 aromatic heterocycles. The predicted octanol–water partition coefficient (Wildman–Crippen LogP) is 6.11. The fourth-order valence-corrected chi connectivity index (χ4v) is 5.50. The molecule has 2 heterocycles. The van der Waals surface area contributed by atoms with E-state index in [1.807, 2.05) is 92.7 Å². The molecule has 4 aromatic carbocycles. The Morgan fingerprint density at radius 1 is 0.690 bits per heavy atom. The van der Waals surface area contributed by atoms with E-state index in [1.165, 1.54) is 4.90 Å². The first-order valence-electron chi connectivity index (χ1n) is 14.1. The van der Waals surface area contributed by atoms with Crippen molar-refractivity contribution in [3.8, 4) is 17.2 Å². The lowest BCUT2D eigenvalue weighted by atomic mass is 9.90. The molecule has 2 amide bonds. The molecule has 2 aliphatic heterocycles. The summed E-state index contributed by atoms with van der Waals surface area (Å²) in [6.45, 7) is 5.15. The zero-order valence-corrected chi connectivity index (χ0v) is 23.5. The number of benzene rings is 4. The molecular weight excluding hydrogens is 532 g/mol. The van der Waals surface area contributed by atoms with Gasteiger partial charge in [0.25, 0.3) is 5.91 Å². The van der Waals surface area contributed by atoms with Crippen LogP contribution in [0.3, 0.4) is 0 Å². The molecule has 0 bridgehead atoms. The van der Waals surface area contributed by atoms with Crippen molar-refractivity contribution in [1.29, 1.82) is 0 Å². The summed E-state index contributed by atoms with van der Waals surface area (Å²) in [6.07, 6.45) is -0.973. The zero-order valence-electron chi connectivity index (χ0n) is 23.5. The summed E-state index contributed by atoms with van der Waals surface area (Å²) >= 11 is 0. The molecule has 6 rings (SSSR count). The largest absolute Gasteiger partial charge is 0.494 e. The van der Waals surface area contributed by atoms with E-state index >= 15 is 0 Å². The van der Waals surface area contributed by atoms with Crippen LogP contribution in [0.4, 0.5) is 11.4 Å². The van der Waals surface area contributed by atoms with E-state index in [0.717, 1.165) is 16.8 Å². The summed E-state index contributed by atoms with van der Waals surface area (Å²) in [7, 11) is 0. The third-order valence-electron chi connectivity index (χ3n) is 7.38. The quantitative estimate of drug-likeness (QED) is 0.215. The smallest absolute Gasteiger partial charge is 0.266 e. The zero-order chi connectivity index (χ0) is 29.1. The first kappa shape index (κ1) is 27.4. The standard InChI is InChI=1S/C34H32N2O6/c1-3-39-27-18-16-25(17-19-27)35-33(37)30-31(36(42-32(30)34(35)38)26-13-9-6-10-14-26)24-15-20-28(29(21-24)40-4-2)41-22-23-11-7-5-8-12-23/h5-21,30-32H,3-4,22H2,1-2H3/t30-,31+,32-/m0/s1. The summed E-state index contributed by atoms with van der Waals surface area (Å²) in [5, 5.41) is 1.68. The molecule has 0 saturated carbocycles. The number of ether oxygens (including phenoxy) is 3. The van der Waals surface area contributed by atoms with Crippen molar-refractivity contribution < 1.29 is 28.6 Å². The maximum Gasteiger partial charge on any atom is 0.266 e. The molecule has 4 aromatic rings. The molecule has 0 aliphatic carbocycles. The van der Waals surface area contributed by atoms with E-state index in [4.69, 9.17) is 19.0 Å². The Balaban J connectivity index is 1.35. The highest BCUT2D eigenvalue weighted by Crippen LogP contribution is 2.49. The molecule has 0 radical (unpaired) electrons. The number of nitrogens with zero attached hydrogens (tertiary/aromatic N) is 2. The molecule has 2 aliphatic rings. The van der Waals surface area contributed by atoms with E-state index < -0.39 is 24.0 Å². The Morgan fingerprint density at radius 2 is 1.38 bits per heavy atom. The van der Waals surface area contributed by atoms with Crippen molar-refractivity contribution in [2.45, 2.75) is 32.6 Å². The van der Waals surface area contributed by atoms with Gasteiger partial charge in [-0.25, -0.2) is 9.96 Å². The molecule has 0 unspecified atom stereocenters. The van der Waals surface area contributed by atoms with Crippen LogP contribution in [0.2, 0.25) is 0 Å². The molecule has 8 nitrogen and oxygen atoms in total. The molecule has 0 spiro atoms. The second-order valence-corrected chi connectivity index (χ2v) is 10.0. The molecule has 3 atom stereocenters. The van der Waals surface area contributed by atoms with Gasteiger partial charge in [-0.1, -0.05) is 54.6 Å². The SMILES string of the molecule is CCOc1ccc(N2C(=O)[C@@H]3[C@H](ON(c4ccccc4)[C@@H]3c3ccc(OCc4ccccc4)c(OCC)c3)C2=O)cc1. The molecule has 214 valence electrons. The molecule has 8 heteroatoms. The lowest BCUT2D eigenvalue weighted by Gasteiger charge is -2.29. The Hall–Kier alpha value is -4.82. The van der Waals surface area contributed by atoms with Crippen molar-refractivity contribution in [3.05, 3.63) is 114 Å². The maximum absolute atomic E-state index is 14.0. The van der Waals surface area contributed by atoms with Crippen LogP contribution in [0, 0.1) is 5.92 Å². The second-order valence-electron chi connectivity index (χ2n) is 10.0.